The number of hydrogen-bond donors (Lipinski definition) is 3. The van der Waals surface area contributed by atoms with E-state index in [2.05, 4.69) is 10.6 Å². The lowest BCUT2D eigenvalue weighted by atomic mass is 9.53. The van der Waals surface area contributed by atoms with Gasteiger partial charge in [0.25, 0.3) is 5.91 Å². The van der Waals surface area contributed by atoms with Crippen LogP contribution in [0.4, 0.5) is 18.9 Å². The summed E-state index contributed by atoms with van der Waals surface area (Å²) in [6, 6.07) is 4.79. The fourth-order valence-corrected chi connectivity index (χ4v) is 8.29. The molecule has 208 valence electrons. The Morgan fingerprint density at radius 2 is 1.69 bits per heavy atom. The van der Waals surface area contributed by atoms with Gasteiger partial charge in [-0.15, -0.1) is 0 Å². The van der Waals surface area contributed by atoms with Gasteiger partial charge in [0.2, 0.25) is 5.91 Å². The molecule has 0 spiro atoms. The zero-order chi connectivity index (χ0) is 28.1. The summed E-state index contributed by atoms with van der Waals surface area (Å²) < 4.78 is 67.4. The van der Waals surface area contributed by atoms with Crippen LogP contribution < -0.4 is 10.6 Å². The van der Waals surface area contributed by atoms with Crippen LogP contribution in [0.2, 0.25) is 5.02 Å². The lowest BCUT2D eigenvalue weighted by molar-refractivity contribution is -0.173. The van der Waals surface area contributed by atoms with E-state index in [9.17, 15) is 36.3 Å². The Bertz CT molecular complexity index is 1460. The first-order valence-corrected chi connectivity index (χ1v) is 14.5. The molecule has 7 nitrogen and oxygen atoms in total. The number of hydrogen-bond acceptors (Lipinski definition) is 5. The first kappa shape index (κ1) is 27.7. The maximum absolute atomic E-state index is 13.6. The molecular formula is C27H26ClF3N2O5S. The van der Waals surface area contributed by atoms with Crippen LogP contribution in [0, 0.1) is 29.3 Å². The first-order valence-electron chi connectivity index (χ1n) is 12.6. The minimum absolute atomic E-state index is 0.0479. The van der Waals surface area contributed by atoms with Crippen LogP contribution in [-0.4, -0.2) is 42.7 Å². The molecule has 0 saturated heterocycles. The normalized spacial score (nSPS) is 26.0. The van der Waals surface area contributed by atoms with Gasteiger partial charge >= 0.3 is 0 Å². The Hall–Kier alpha value is -2.89. The molecule has 2 bridgehead atoms. The SMILES string of the molecule is O=C(NCC1(O)C2CC1CC(S(=O)(=O)c1cc(C(=O)Nc3cc(F)c(F)c(F)c3)ccc1Cl)C2)C1=CCCC1. The molecule has 2 atom stereocenters. The van der Waals surface area contributed by atoms with Crippen molar-refractivity contribution in [3.8, 4) is 0 Å². The second kappa shape index (κ2) is 10.3. The van der Waals surface area contributed by atoms with Crippen molar-refractivity contribution in [2.45, 2.75) is 54.3 Å². The third-order valence-electron chi connectivity index (χ3n) is 8.12. The standard InChI is InChI=1S/C27H26ClF3N2O5S/c28-20-6-5-15(26(35)33-18-11-21(29)24(31)22(30)12-18)7-23(20)39(37,38)19-9-16-8-17(10-19)27(16,36)13-32-25(34)14-3-1-2-4-14/h3,5-7,11-12,16-17,19,36H,1-2,4,8-10,13H2,(H,32,34)(H,33,35). The highest BCUT2D eigenvalue weighted by molar-refractivity contribution is 7.92. The lowest BCUT2D eigenvalue weighted by Crippen LogP contribution is -2.66. The second-order valence-electron chi connectivity index (χ2n) is 10.4. The van der Waals surface area contributed by atoms with Crippen molar-refractivity contribution in [2.75, 3.05) is 11.9 Å². The number of carbonyl (C=O) groups excluding carboxylic acids is 2. The van der Waals surface area contributed by atoms with Gasteiger partial charge < -0.3 is 15.7 Å². The van der Waals surface area contributed by atoms with Crippen molar-refractivity contribution in [1.82, 2.24) is 5.32 Å². The van der Waals surface area contributed by atoms with Crippen molar-refractivity contribution in [3.05, 3.63) is 70.0 Å². The Labute approximate surface area is 228 Å². The third kappa shape index (κ3) is 5.07. The monoisotopic (exact) mass is 582 g/mol. The van der Waals surface area contributed by atoms with E-state index in [-0.39, 0.29) is 58.3 Å². The number of carbonyl (C=O) groups is 2. The third-order valence-corrected chi connectivity index (χ3v) is 10.8. The van der Waals surface area contributed by atoms with Gasteiger partial charge in [-0.25, -0.2) is 21.6 Å². The summed E-state index contributed by atoms with van der Waals surface area (Å²) in [6.45, 7) is 0.0479. The van der Waals surface area contributed by atoms with Crippen LogP contribution in [0.15, 0.2) is 46.9 Å². The summed E-state index contributed by atoms with van der Waals surface area (Å²) in [6.07, 6.45) is 5.33. The number of halogens is 4. The van der Waals surface area contributed by atoms with Crippen LogP contribution >= 0.6 is 11.6 Å². The predicted molar refractivity (Wildman–Crippen MR) is 137 cm³/mol. The zero-order valence-corrected chi connectivity index (χ0v) is 22.2. The Balaban J connectivity index is 1.29. The quantitative estimate of drug-likeness (QED) is 0.415. The number of allylic oxidation sites excluding steroid dienone is 1. The second-order valence-corrected chi connectivity index (χ2v) is 13.0. The molecule has 0 aliphatic heterocycles. The van der Waals surface area contributed by atoms with Gasteiger partial charge in [-0.3, -0.25) is 9.59 Å². The molecule has 3 N–H and O–H groups in total. The highest BCUT2D eigenvalue weighted by atomic mass is 35.5. The molecule has 0 radical (unpaired) electrons. The van der Waals surface area contributed by atoms with Gasteiger partial charge in [0.05, 0.1) is 20.8 Å². The number of anilines is 1. The van der Waals surface area contributed by atoms with E-state index in [1.165, 1.54) is 12.1 Å². The Kier molecular flexibility index (Phi) is 7.28. The van der Waals surface area contributed by atoms with E-state index in [1.54, 1.807) is 0 Å². The maximum Gasteiger partial charge on any atom is 0.255 e. The molecular weight excluding hydrogens is 557 g/mol. The average Bonchev–Trinajstić information content (AvgIpc) is 3.45. The Morgan fingerprint density at radius 3 is 2.31 bits per heavy atom. The van der Waals surface area contributed by atoms with Crippen molar-refractivity contribution >= 4 is 38.9 Å². The van der Waals surface area contributed by atoms with Crippen molar-refractivity contribution in [1.29, 1.82) is 0 Å². The minimum atomic E-state index is -4.03. The van der Waals surface area contributed by atoms with Crippen molar-refractivity contribution < 1.29 is 36.3 Å². The van der Waals surface area contributed by atoms with E-state index in [0.29, 0.717) is 30.5 Å². The van der Waals surface area contributed by atoms with Crippen molar-refractivity contribution in [2.24, 2.45) is 11.8 Å². The van der Waals surface area contributed by atoms with Gasteiger partial charge in [-0.05, 0) is 68.6 Å². The molecule has 2 unspecified atom stereocenters. The number of sulfone groups is 1. The molecule has 39 heavy (non-hydrogen) atoms. The number of nitrogens with one attached hydrogen (secondary N) is 2. The van der Waals surface area contributed by atoms with Crippen molar-refractivity contribution in [3.63, 3.8) is 0 Å². The smallest absolute Gasteiger partial charge is 0.255 e. The van der Waals surface area contributed by atoms with Crippen LogP contribution in [0.5, 0.6) is 0 Å². The van der Waals surface area contributed by atoms with E-state index >= 15 is 0 Å². The van der Waals surface area contributed by atoms with Gasteiger partial charge in [-0.1, -0.05) is 17.7 Å². The zero-order valence-electron chi connectivity index (χ0n) is 20.6. The summed E-state index contributed by atoms with van der Waals surface area (Å²) in [5, 5.41) is 15.3. The summed E-state index contributed by atoms with van der Waals surface area (Å²) in [4.78, 5) is 24.8. The molecule has 2 aromatic carbocycles. The molecule has 4 aliphatic carbocycles. The number of fused-ring (bicyclic) bond motifs is 2. The van der Waals surface area contributed by atoms with E-state index in [4.69, 9.17) is 11.6 Å². The Morgan fingerprint density at radius 1 is 1.03 bits per heavy atom. The lowest BCUT2D eigenvalue weighted by Gasteiger charge is -2.58. The number of benzene rings is 2. The van der Waals surface area contributed by atoms with E-state index in [0.717, 1.165) is 18.9 Å². The molecule has 0 aromatic heterocycles. The highest BCUT2D eigenvalue weighted by Crippen LogP contribution is 2.55. The van der Waals surface area contributed by atoms with Crippen LogP contribution in [-0.2, 0) is 14.6 Å². The largest absolute Gasteiger partial charge is 0.387 e. The van der Waals surface area contributed by atoms with Gasteiger partial charge in [0.15, 0.2) is 27.3 Å². The van der Waals surface area contributed by atoms with E-state index in [1.807, 2.05) is 6.08 Å². The summed E-state index contributed by atoms with van der Waals surface area (Å²) in [7, 11) is -4.03. The van der Waals surface area contributed by atoms with Crippen LogP contribution in [0.25, 0.3) is 0 Å². The number of aliphatic hydroxyl groups is 1. The summed E-state index contributed by atoms with van der Waals surface area (Å²) >= 11 is 6.22. The molecule has 3 fully saturated rings. The molecule has 12 heteroatoms. The fourth-order valence-electron chi connectivity index (χ4n) is 5.88. The molecule has 6 rings (SSSR count). The van der Waals surface area contributed by atoms with Gasteiger partial charge in [0.1, 0.15) is 0 Å². The minimum Gasteiger partial charge on any atom is -0.387 e. The fraction of sp³-hybridized carbons (Fsp3) is 0.407. The van der Waals surface area contributed by atoms with Crippen LogP contribution in [0.3, 0.4) is 0 Å². The first-order chi connectivity index (χ1) is 18.4. The molecule has 2 aromatic rings. The van der Waals surface area contributed by atoms with Crippen LogP contribution in [0.1, 0.15) is 48.9 Å². The molecule has 2 amide bonds. The number of rotatable bonds is 7. The predicted octanol–water partition coefficient (Wildman–Crippen LogP) is 4.54. The van der Waals surface area contributed by atoms with Gasteiger partial charge in [0, 0.05) is 35.5 Å². The molecule has 0 heterocycles. The molecule has 4 aliphatic rings. The van der Waals surface area contributed by atoms with E-state index < -0.39 is 44.0 Å². The highest BCUT2D eigenvalue weighted by Gasteiger charge is 2.60. The van der Waals surface area contributed by atoms with Gasteiger partial charge in [-0.2, -0.15) is 0 Å². The topological polar surface area (TPSA) is 113 Å². The molecule has 3 saturated carbocycles. The average molecular weight is 583 g/mol. The summed E-state index contributed by atoms with van der Waals surface area (Å²) in [5.41, 5.74) is -0.966. The summed E-state index contributed by atoms with van der Waals surface area (Å²) in [5.74, 6) is -6.40. The number of amides is 2. The maximum atomic E-state index is 13.6.